The second-order valence-corrected chi connectivity index (χ2v) is 10.2. The first-order valence-corrected chi connectivity index (χ1v) is 13.6. The highest BCUT2D eigenvalue weighted by atomic mass is 32.2. The fraction of sp³-hybridized carbons (Fsp3) is 0.276. The summed E-state index contributed by atoms with van der Waals surface area (Å²) in [6.07, 6.45) is 0.367. The van der Waals surface area contributed by atoms with E-state index in [1.807, 2.05) is 78.9 Å². The van der Waals surface area contributed by atoms with Gasteiger partial charge in [-0.2, -0.15) is 16.7 Å². The number of nitrogens with two attached hydrogens (primary N) is 1. The standard InChI is InChI=1S/C29H32N4O5S/c30-27(34)25(17-21-12-6-2-7-13-21)31-28(35)23(16-20-10-4-1-5-11-20)24(29(36)33-38)18-39-19-26(32-37)22-14-8-3-9-15-22/h1-15,23-26,38H,16-19H2,(H2,30,34)(H,31,35)(H,33,36)/t23-,24+,25+,26?/m1/s1. The Bertz CT molecular complexity index is 1210. The third kappa shape index (κ3) is 9.05. The smallest absolute Gasteiger partial charge is 0.248 e. The van der Waals surface area contributed by atoms with Crippen LogP contribution in [0.15, 0.2) is 96.2 Å². The van der Waals surface area contributed by atoms with Crippen LogP contribution in [0.25, 0.3) is 0 Å². The number of nitrogens with zero attached hydrogens (tertiary/aromatic N) is 1. The largest absolute Gasteiger partial charge is 0.368 e. The van der Waals surface area contributed by atoms with Crippen LogP contribution in [0.4, 0.5) is 0 Å². The molecule has 204 valence electrons. The molecule has 10 heteroatoms. The summed E-state index contributed by atoms with van der Waals surface area (Å²) in [7, 11) is 0. The molecule has 0 aliphatic heterocycles. The minimum Gasteiger partial charge on any atom is -0.368 e. The van der Waals surface area contributed by atoms with Crippen LogP contribution in [0.5, 0.6) is 0 Å². The van der Waals surface area contributed by atoms with Crippen molar-refractivity contribution in [3.8, 4) is 0 Å². The number of primary amides is 1. The van der Waals surface area contributed by atoms with Crippen molar-refractivity contribution in [3.05, 3.63) is 113 Å². The number of rotatable bonds is 15. The maximum Gasteiger partial charge on any atom is 0.248 e. The molecule has 3 aromatic rings. The van der Waals surface area contributed by atoms with E-state index in [0.29, 0.717) is 0 Å². The first-order chi connectivity index (χ1) is 18.9. The van der Waals surface area contributed by atoms with Crippen molar-refractivity contribution in [1.82, 2.24) is 10.8 Å². The molecule has 0 aliphatic carbocycles. The summed E-state index contributed by atoms with van der Waals surface area (Å²) in [4.78, 5) is 50.2. The van der Waals surface area contributed by atoms with E-state index in [1.54, 1.807) is 17.6 Å². The van der Waals surface area contributed by atoms with E-state index in [4.69, 9.17) is 5.73 Å². The van der Waals surface area contributed by atoms with E-state index in [-0.39, 0.29) is 24.3 Å². The highest BCUT2D eigenvalue weighted by molar-refractivity contribution is 7.99. The average Bonchev–Trinajstić information content (AvgIpc) is 2.97. The Balaban J connectivity index is 1.81. The zero-order valence-corrected chi connectivity index (χ0v) is 22.1. The van der Waals surface area contributed by atoms with Gasteiger partial charge in [0.2, 0.25) is 17.7 Å². The summed E-state index contributed by atoms with van der Waals surface area (Å²) >= 11 is 1.28. The molecule has 0 fully saturated rings. The second kappa shape index (κ2) is 15.4. The second-order valence-electron chi connectivity index (χ2n) is 9.10. The van der Waals surface area contributed by atoms with Crippen LogP contribution in [0.2, 0.25) is 0 Å². The molecule has 0 aromatic heterocycles. The number of hydrogen-bond acceptors (Lipinski definition) is 7. The van der Waals surface area contributed by atoms with E-state index in [9.17, 15) is 24.5 Å². The van der Waals surface area contributed by atoms with Crippen molar-refractivity contribution in [2.45, 2.75) is 24.9 Å². The Labute approximate surface area is 231 Å². The van der Waals surface area contributed by atoms with Gasteiger partial charge in [0.15, 0.2) is 0 Å². The Kier molecular flexibility index (Phi) is 11.7. The van der Waals surface area contributed by atoms with Crippen molar-refractivity contribution in [1.29, 1.82) is 0 Å². The zero-order valence-electron chi connectivity index (χ0n) is 21.3. The summed E-state index contributed by atoms with van der Waals surface area (Å²) in [5, 5.41) is 15.5. The normalized spacial score (nSPS) is 13.9. The molecule has 3 amide bonds. The predicted molar refractivity (Wildman–Crippen MR) is 151 cm³/mol. The Hall–Kier alpha value is -4.02. The van der Waals surface area contributed by atoms with Gasteiger partial charge in [-0.3, -0.25) is 19.6 Å². The average molecular weight is 549 g/mol. The predicted octanol–water partition coefficient (Wildman–Crippen LogP) is 3.42. The summed E-state index contributed by atoms with van der Waals surface area (Å²) in [6.45, 7) is 0. The van der Waals surface area contributed by atoms with Gasteiger partial charge in [0.25, 0.3) is 0 Å². The first kappa shape index (κ1) is 29.5. The molecule has 0 saturated carbocycles. The highest BCUT2D eigenvalue weighted by Gasteiger charge is 2.35. The molecule has 39 heavy (non-hydrogen) atoms. The topological polar surface area (TPSA) is 151 Å². The van der Waals surface area contributed by atoms with Crippen LogP contribution in [0, 0.1) is 16.7 Å². The van der Waals surface area contributed by atoms with Crippen molar-refractivity contribution in [3.63, 3.8) is 0 Å². The zero-order chi connectivity index (χ0) is 28.0. The summed E-state index contributed by atoms with van der Waals surface area (Å²) in [5.74, 6) is -3.51. The third-order valence-corrected chi connectivity index (χ3v) is 7.54. The number of thioether (sulfide) groups is 1. The van der Waals surface area contributed by atoms with Gasteiger partial charge in [0, 0.05) is 17.9 Å². The lowest BCUT2D eigenvalue weighted by atomic mass is 9.86. The van der Waals surface area contributed by atoms with Crippen molar-refractivity contribution in [2.75, 3.05) is 11.5 Å². The van der Waals surface area contributed by atoms with Gasteiger partial charge in [0.1, 0.15) is 12.1 Å². The summed E-state index contributed by atoms with van der Waals surface area (Å²) in [6, 6.07) is 25.7. The Morgan fingerprint density at radius 1 is 0.769 bits per heavy atom. The minimum atomic E-state index is -0.995. The Morgan fingerprint density at radius 2 is 1.31 bits per heavy atom. The van der Waals surface area contributed by atoms with Crippen molar-refractivity contribution < 1.29 is 19.6 Å². The van der Waals surface area contributed by atoms with Crippen LogP contribution in [0.3, 0.4) is 0 Å². The molecule has 4 atom stereocenters. The van der Waals surface area contributed by atoms with Crippen LogP contribution in [0.1, 0.15) is 22.7 Å². The van der Waals surface area contributed by atoms with Gasteiger partial charge in [-0.05, 0) is 23.1 Å². The molecule has 0 radical (unpaired) electrons. The molecule has 0 heterocycles. The number of carbonyl (C=O) groups excluding carboxylic acids is 3. The van der Waals surface area contributed by atoms with Crippen LogP contribution in [-0.4, -0.2) is 40.5 Å². The van der Waals surface area contributed by atoms with E-state index < -0.39 is 41.6 Å². The van der Waals surface area contributed by atoms with Gasteiger partial charge >= 0.3 is 0 Å². The van der Waals surface area contributed by atoms with Crippen LogP contribution >= 0.6 is 11.8 Å². The maximum absolute atomic E-state index is 13.6. The van der Waals surface area contributed by atoms with Crippen LogP contribution < -0.4 is 16.5 Å². The molecule has 0 bridgehead atoms. The molecule has 3 aromatic carbocycles. The fourth-order valence-electron chi connectivity index (χ4n) is 4.26. The lowest BCUT2D eigenvalue weighted by Gasteiger charge is -2.27. The third-order valence-electron chi connectivity index (χ3n) is 6.40. The SMILES string of the molecule is NC(=O)[C@H](Cc1ccccc1)NC(=O)[C@H](Cc1ccccc1)[C@H](CSCC(N=O)c1ccccc1)C(=O)NO. The summed E-state index contributed by atoms with van der Waals surface area (Å²) < 4.78 is 0. The highest BCUT2D eigenvalue weighted by Crippen LogP contribution is 2.27. The van der Waals surface area contributed by atoms with E-state index in [2.05, 4.69) is 10.5 Å². The molecule has 0 saturated heterocycles. The molecular weight excluding hydrogens is 516 g/mol. The molecule has 3 rings (SSSR count). The number of nitrogens with one attached hydrogen (secondary N) is 2. The number of nitroso groups, excluding NO2 is 1. The number of amides is 3. The molecule has 9 nitrogen and oxygen atoms in total. The monoisotopic (exact) mass is 548 g/mol. The summed E-state index contributed by atoms with van der Waals surface area (Å²) in [5.41, 5.74) is 9.65. The molecule has 5 N–H and O–H groups in total. The van der Waals surface area contributed by atoms with Gasteiger partial charge in [0.05, 0.1) is 11.8 Å². The minimum absolute atomic E-state index is 0.121. The fourth-order valence-corrected chi connectivity index (χ4v) is 5.51. The molecule has 0 spiro atoms. The Morgan fingerprint density at radius 3 is 1.82 bits per heavy atom. The van der Waals surface area contributed by atoms with Crippen molar-refractivity contribution >= 4 is 29.5 Å². The van der Waals surface area contributed by atoms with E-state index in [0.717, 1.165) is 16.7 Å². The van der Waals surface area contributed by atoms with Gasteiger partial charge in [-0.1, -0.05) is 96.2 Å². The quantitative estimate of drug-likeness (QED) is 0.130. The van der Waals surface area contributed by atoms with E-state index >= 15 is 0 Å². The number of hydrogen-bond donors (Lipinski definition) is 4. The van der Waals surface area contributed by atoms with E-state index in [1.165, 1.54) is 11.8 Å². The lowest BCUT2D eigenvalue weighted by molar-refractivity contribution is -0.140. The number of hydroxylamine groups is 1. The molecule has 0 aliphatic rings. The number of carbonyl (C=O) groups is 3. The van der Waals surface area contributed by atoms with Crippen molar-refractivity contribution in [2.24, 2.45) is 22.7 Å². The van der Waals surface area contributed by atoms with Gasteiger partial charge < -0.3 is 11.1 Å². The van der Waals surface area contributed by atoms with Gasteiger partial charge in [-0.15, -0.1) is 0 Å². The lowest BCUT2D eigenvalue weighted by Crippen LogP contribution is -2.51. The molecule has 1 unspecified atom stereocenters. The number of benzene rings is 3. The van der Waals surface area contributed by atoms with Gasteiger partial charge in [-0.25, -0.2) is 5.48 Å². The van der Waals surface area contributed by atoms with Crippen LogP contribution in [-0.2, 0) is 27.2 Å². The maximum atomic E-state index is 13.6. The first-order valence-electron chi connectivity index (χ1n) is 12.5. The molecular formula is C29H32N4O5S.